The van der Waals surface area contributed by atoms with Gasteiger partial charge in [0.25, 0.3) is 0 Å². The summed E-state index contributed by atoms with van der Waals surface area (Å²) in [4.78, 5) is 38.7. The van der Waals surface area contributed by atoms with Crippen LogP contribution in [0.3, 0.4) is 0 Å². The molecule has 1 N–H and O–H groups in total. The number of hydrogen-bond acceptors (Lipinski definition) is 3. The second-order valence-corrected chi connectivity index (χ2v) is 6.24. The lowest BCUT2D eigenvalue weighted by Gasteiger charge is -2.33. The van der Waals surface area contributed by atoms with Crippen LogP contribution in [-0.2, 0) is 14.4 Å². The summed E-state index contributed by atoms with van der Waals surface area (Å²) in [6.07, 6.45) is 5.33. The van der Waals surface area contributed by atoms with E-state index in [1.807, 2.05) is 30.3 Å². The van der Waals surface area contributed by atoms with Crippen molar-refractivity contribution in [2.45, 2.75) is 38.3 Å². The molecule has 2 amide bonds. The molecule has 6 nitrogen and oxygen atoms in total. The number of carbonyl (C=O) groups is 3. The molecular formula is C18H20N2O4. The third-order valence-electron chi connectivity index (χ3n) is 4.45. The number of carboxylic acid groups (broad SMARTS) is 1. The molecule has 0 spiro atoms. The second kappa shape index (κ2) is 6.47. The first-order valence-electron chi connectivity index (χ1n) is 8.04. The molecule has 1 atom stereocenters. The fraction of sp³-hybridized carbons (Fsp3) is 0.389. The Morgan fingerprint density at radius 2 is 1.96 bits per heavy atom. The van der Waals surface area contributed by atoms with Gasteiger partial charge in [0.2, 0.25) is 11.8 Å². The van der Waals surface area contributed by atoms with Crippen LogP contribution in [0.1, 0.15) is 43.4 Å². The standard InChI is InChI=1S/C18H20N2O4/c1-12(21)19-9-8-13-4-2-3-5-15(13)16(19)10-17(22)20(11-18(23)24)14-6-7-14/h2-5,8-9,14,16H,6-7,10-11H2,1H3,(H,23,24). The molecule has 1 saturated carbocycles. The number of carboxylic acids is 1. The van der Waals surface area contributed by atoms with Crippen LogP contribution in [0.4, 0.5) is 0 Å². The molecule has 0 radical (unpaired) electrons. The SMILES string of the molecule is CC(=O)N1C=Cc2ccccc2C1CC(=O)N(CC(=O)O)C1CC1. The first-order chi connectivity index (χ1) is 11.5. The van der Waals surface area contributed by atoms with Crippen molar-refractivity contribution in [1.29, 1.82) is 0 Å². The molecule has 1 unspecified atom stereocenters. The van der Waals surface area contributed by atoms with Crippen molar-refractivity contribution in [3.63, 3.8) is 0 Å². The Hall–Kier alpha value is -2.63. The molecule has 1 heterocycles. The third kappa shape index (κ3) is 3.32. The van der Waals surface area contributed by atoms with Crippen LogP contribution in [0.15, 0.2) is 30.5 Å². The minimum Gasteiger partial charge on any atom is -0.480 e. The van der Waals surface area contributed by atoms with E-state index in [1.165, 1.54) is 11.8 Å². The lowest BCUT2D eigenvalue weighted by Crippen LogP contribution is -2.40. The van der Waals surface area contributed by atoms with Crippen molar-refractivity contribution in [1.82, 2.24) is 9.80 Å². The minimum atomic E-state index is -1.01. The van der Waals surface area contributed by atoms with Gasteiger partial charge in [0.15, 0.2) is 0 Å². The van der Waals surface area contributed by atoms with E-state index in [-0.39, 0.29) is 30.8 Å². The predicted octanol–water partition coefficient (Wildman–Crippen LogP) is 2.03. The Morgan fingerprint density at radius 1 is 1.25 bits per heavy atom. The molecule has 126 valence electrons. The molecule has 2 aliphatic rings. The van der Waals surface area contributed by atoms with Crippen LogP contribution >= 0.6 is 0 Å². The summed E-state index contributed by atoms with van der Waals surface area (Å²) < 4.78 is 0. The number of fused-ring (bicyclic) bond motifs is 1. The zero-order valence-electron chi connectivity index (χ0n) is 13.5. The highest BCUT2D eigenvalue weighted by atomic mass is 16.4. The molecule has 0 saturated heterocycles. The van der Waals surface area contributed by atoms with Gasteiger partial charge in [0.1, 0.15) is 6.54 Å². The Kier molecular flexibility index (Phi) is 4.38. The molecular weight excluding hydrogens is 308 g/mol. The number of carbonyl (C=O) groups excluding carboxylic acids is 2. The van der Waals surface area contributed by atoms with E-state index in [4.69, 9.17) is 5.11 Å². The van der Waals surface area contributed by atoms with Crippen LogP contribution in [0.2, 0.25) is 0 Å². The topological polar surface area (TPSA) is 77.9 Å². The van der Waals surface area contributed by atoms with Gasteiger partial charge in [-0.3, -0.25) is 14.4 Å². The molecule has 1 aromatic carbocycles. The van der Waals surface area contributed by atoms with Gasteiger partial charge in [-0.15, -0.1) is 0 Å². The monoisotopic (exact) mass is 328 g/mol. The van der Waals surface area contributed by atoms with Crippen LogP contribution in [0.5, 0.6) is 0 Å². The summed E-state index contributed by atoms with van der Waals surface area (Å²) in [6, 6.07) is 7.26. The van der Waals surface area contributed by atoms with Gasteiger partial charge in [-0.2, -0.15) is 0 Å². The normalized spacial score (nSPS) is 18.9. The maximum Gasteiger partial charge on any atom is 0.323 e. The molecule has 0 bridgehead atoms. The maximum atomic E-state index is 12.7. The third-order valence-corrected chi connectivity index (χ3v) is 4.45. The fourth-order valence-corrected chi connectivity index (χ4v) is 3.15. The summed E-state index contributed by atoms with van der Waals surface area (Å²) >= 11 is 0. The van der Waals surface area contributed by atoms with E-state index < -0.39 is 12.0 Å². The van der Waals surface area contributed by atoms with Gasteiger partial charge in [-0.1, -0.05) is 24.3 Å². The van der Waals surface area contributed by atoms with E-state index in [0.717, 1.165) is 24.0 Å². The molecule has 1 aliphatic carbocycles. The van der Waals surface area contributed by atoms with Crippen molar-refractivity contribution < 1.29 is 19.5 Å². The van der Waals surface area contributed by atoms with Crippen molar-refractivity contribution in [3.05, 3.63) is 41.6 Å². The second-order valence-electron chi connectivity index (χ2n) is 6.24. The van der Waals surface area contributed by atoms with E-state index >= 15 is 0 Å². The van der Waals surface area contributed by atoms with Crippen LogP contribution in [0, 0.1) is 0 Å². The van der Waals surface area contributed by atoms with Crippen molar-refractivity contribution >= 4 is 23.9 Å². The quantitative estimate of drug-likeness (QED) is 0.897. The summed E-state index contributed by atoms with van der Waals surface area (Å²) in [7, 11) is 0. The van der Waals surface area contributed by atoms with E-state index in [1.54, 1.807) is 11.1 Å². The molecule has 6 heteroatoms. The molecule has 1 aromatic rings. The lowest BCUT2D eigenvalue weighted by molar-refractivity contribution is -0.145. The van der Waals surface area contributed by atoms with Crippen molar-refractivity contribution in [2.75, 3.05) is 6.54 Å². The smallest absolute Gasteiger partial charge is 0.323 e. The predicted molar refractivity (Wildman–Crippen MR) is 87.7 cm³/mol. The number of benzene rings is 1. The van der Waals surface area contributed by atoms with Crippen LogP contribution in [0.25, 0.3) is 6.08 Å². The summed E-state index contributed by atoms with van der Waals surface area (Å²) in [5.41, 5.74) is 1.89. The first kappa shape index (κ1) is 16.2. The number of amides is 2. The Morgan fingerprint density at radius 3 is 2.58 bits per heavy atom. The molecule has 1 fully saturated rings. The molecule has 24 heavy (non-hydrogen) atoms. The van der Waals surface area contributed by atoms with Gasteiger partial charge < -0.3 is 14.9 Å². The highest BCUT2D eigenvalue weighted by Gasteiger charge is 2.36. The Bertz CT molecular complexity index is 709. The Labute approximate surface area is 140 Å². The molecule has 0 aromatic heterocycles. The zero-order valence-corrected chi connectivity index (χ0v) is 13.5. The van der Waals surface area contributed by atoms with E-state index in [0.29, 0.717) is 0 Å². The van der Waals surface area contributed by atoms with Crippen LogP contribution in [-0.4, -0.2) is 45.3 Å². The van der Waals surface area contributed by atoms with E-state index in [9.17, 15) is 14.4 Å². The average Bonchev–Trinajstić information content (AvgIpc) is 3.37. The minimum absolute atomic E-state index is 0.0220. The summed E-state index contributed by atoms with van der Waals surface area (Å²) in [5.74, 6) is -1.38. The number of hydrogen-bond donors (Lipinski definition) is 1. The number of aliphatic carboxylic acids is 1. The van der Waals surface area contributed by atoms with Crippen molar-refractivity contribution in [2.24, 2.45) is 0 Å². The lowest BCUT2D eigenvalue weighted by atomic mass is 9.93. The molecule has 1 aliphatic heterocycles. The average molecular weight is 328 g/mol. The zero-order chi connectivity index (χ0) is 17.3. The van der Waals surface area contributed by atoms with Gasteiger partial charge in [-0.25, -0.2) is 0 Å². The van der Waals surface area contributed by atoms with Crippen molar-refractivity contribution in [3.8, 4) is 0 Å². The van der Waals surface area contributed by atoms with Gasteiger partial charge in [-0.05, 0) is 30.0 Å². The van der Waals surface area contributed by atoms with Gasteiger partial charge in [0.05, 0.1) is 12.5 Å². The summed E-state index contributed by atoms with van der Waals surface area (Å²) in [6.45, 7) is 1.18. The fourth-order valence-electron chi connectivity index (χ4n) is 3.15. The van der Waals surface area contributed by atoms with Gasteiger partial charge in [0, 0.05) is 19.2 Å². The largest absolute Gasteiger partial charge is 0.480 e. The molecule has 3 rings (SSSR count). The number of rotatable bonds is 5. The Balaban J connectivity index is 1.85. The summed E-state index contributed by atoms with van der Waals surface area (Å²) in [5, 5.41) is 9.04. The van der Waals surface area contributed by atoms with Crippen LogP contribution < -0.4 is 0 Å². The highest BCUT2D eigenvalue weighted by molar-refractivity contribution is 5.84. The maximum absolute atomic E-state index is 12.7. The van der Waals surface area contributed by atoms with Gasteiger partial charge >= 0.3 is 5.97 Å². The first-order valence-corrected chi connectivity index (χ1v) is 8.04. The van der Waals surface area contributed by atoms with E-state index in [2.05, 4.69) is 0 Å². The highest BCUT2D eigenvalue weighted by Crippen LogP contribution is 2.35. The number of nitrogens with zero attached hydrogens (tertiary/aromatic N) is 2.